The zero-order chi connectivity index (χ0) is 12.0. The van der Waals surface area contributed by atoms with Gasteiger partial charge in [-0.25, -0.2) is 4.98 Å². The van der Waals surface area contributed by atoms with E-state index >= 15 is 0 Å². The Hall–Kier alpha value is -0.900. The van der Waals surface area contributed by atoms with Gasteiger partial charge in [-0.1, -0.05) is 20.8 Å². The maximum atomic E-state index is 5.77. The molecule has 0 spiro atoms. The summed E-state index contributed by atoms with van der Waals surface area (Å²) in [4.78, 5) is 4.47. The molecule has 0 unspecified atom stereocenters. The van der Waals surface area contributed by atoms with Gasteiger partial charge >= 0.3 is 0 Å². The van der Waals surface area contributed by atoms with E-state index in [4.69, 9.17) is 5.73 Å². The van der Waals surface area contributed by atoms with Gasteiger partial charge in [0.2, 0.25) is 0 Å². The fraction of sp³-hybridized carbons (Fsp3) is 0.833. The lowest BCUT2D eigenvalue weighted by atomic mass is 9.94. The Balaban J connectivity index is 2.49. The van der Waals surface area contributed by atoms with Crippen molar-refractivity contribution in [3.8, 4) is 0 Å². The Bertz CT molecular complexity index is 293. The van der Waals surface area contributed by atoms with E-state index in [0.29, 0.717) is 11.8 Å². The molecular formula is C12H24N4. The lowest BCUT2D eigenvalue weighted by molar-refractivity contribution is 0.409. The first kappa shape index (κ1) is 13.2. The van der Waals surface area contributed by atoms with Crippen molar-refractivity contribution in [1.82, 2.24) is 15.2 Å². The van der Waals surface area contributed by atoms with Gasteiger partial charge in [-0.05, 0) is 31.2 Å². The van der Waals surface area contributed by atoms with Crippen molar-refractivity contribution >= 4 is 0 Å². The van der Waals surface area contributed by atoms with Crippen LogP contribution in [-0.2, 0) is 12.8 Å². The highest BCUT2D eigenvalue weighted by Crippen LogP contribution is 2.14. The summed E-state index contributed by atoms with van der Waals surface area (Å²) >= 11 is 0. The summed E-state index contributed by atoms with van der Waals surface area (Å²) in [6.45, 7) is 7.32. The maximum absolute atomic E-state index is 5.77. The average Bonchev–Trinajstić information content (AvgIpc) is 2.64. The number of nitrogens with one attached hydrogen (secondary N) is 1. The quantitative estimate of drug-likeness (QED) is 0.743. The summed E-state index contributed by atoms with van der Waals surface area (Å²) in [5.41, 5.74) is 5.77. The Morgan fingerprint density at radius 3 is 2.69 bits per heavy atom. The largest absolute Gasteiger partial charge is 0.330 e. The molecule has 0 radical (unpaired) electrons. The summed E-state index contributed by atoms with van der Waals surface area (Å²) in [6, 6.07) is 0. The molecule has 0 aliphatic rings. The molecule has 0 aliphatic carbocycles. The summed E-state index contributed by atoms with van der Waals surface area (Å²) in [5.74, 6) is 3.12. The molecule has 0 amide bonds. The van der Waals surface area contributed by atoms with E-state index in [0.717, 1.165) is 43.9 Å². The molecule has 1 rings (SSSR count). The molecule has 1 aromatic rings. The molecule has 1 heterocycles. The van der Waals surface area contributed by atoms with Gasteiger partial charge in [0, 0.05) is 12.8 Å². The van der Waals surface area contributed by atoms with E-state index in [2.05, 4.69) is 36.0 Å². The first-order valence-electron chi connectivity index (χ1n) is 6.25. The predicted molar refractivity (Wildman–Crippen MR) is 66.1 cm³/mol. The summed E-state index contributed by atoms with van der Waals surface area (Å²) < 4.78 is 0. The Labute approximate surface area is 98.0 Å². The number of H-pyrrole nitrogens is 1. The zero-order valence-electron chi connectivity index (χ0n) is 10.7. The highest BCUT2D eigenvalue weighted by atomic mass is 15.2. The minimum Gasteiger partial charge on any atom is -0.330 e. The second kappa shape index (κ2) is 6.63. The van der Waals surface area contributed by atoms with Crippen LogP contribution in [0.3, 0.4) is 0 Å². The Morgan fingerprint density at radius 1 is 1.38 bits per heavy atom. The number of aromatic amines is 1. The molecule has 0 saturated carbocycles. The summed E-state index contributed by atoms with van der Waals surface area (Å²) in [7, 11) is 0. The predicted octanol–water partition coefficient (Wildman–Crippen LogP) is 1.92. The van der Waals surface area contributed by atoms with E-state index < -0.39 is 0 Å². The zero-order valence-corrected chi connectivity index (χ0v) is 10.7. The molecule has 0 aromatic carbocycles. The fourth-order valence-corrected chi connectivity index (χ4v) is 1.96. The minimum atomic E-state index is 0.516. The van der Waals surface area contributed by atoms with Crippen molar-refractivity contribution in [2.24, 2.45) is 17.6 Å². The molecule has 1 aromatic heterocycles. The highest BCUT2D eigenvalue weighted by molar-refractivity contribution is 4.92. The van der Waals surface area contributed by atoms with Crippen LogP contribution in [0.1, 0.15) is 45.3 Å². The lowest BCUT2D eigenvalue weighted by Crippen LogP contribution is -2.19. The van der Waals surface area contributed by atoms with Gasteiger partial charge in [0.05, 0.1) is 0 Å². The number of nitrogens with zero attached hydrogens (tertiary/aromatic N) is 2. The summed E-state index contributed by atoms with van der Waals surface area (Å²) in [5, 5.41) is 7.21. The van der Waals surface area contributed by atoms with E-state index in [9.17, 15) is 0 Å². The normalized spacial score (nSPS) is 13.3. The number of hydrogen-bond acceptors (Lipinski definition) is 3. The van der Waals surface area contributed by atoms with Gasteiger partial charge in [-0.2, -0.15) is 5.10 Å². The molecular weight excluding hydrogens is 200 g/mol. The third-order valence-corrected chi connectivity index (χ3v) is 2.67. The molecule has 0 fully saturated rings. The van der Waals surface area contributed by atoms with E-state index in [-0.39, 0.29) is 0 Å². The van der Waals surface area contributed by atoms with Gasteiger partial charge in [0.25, 0.3) is 0 Å². The van der Waals surface area contributed by atoms with Crippen LogP contribution in [0.5, 0.6) is 0 Å². The van der Waals surface area contributed by atoms with E-state index in [1.54, 1.807) is 0 Å². The molecule has 1 atom stereocenters. The van der Waals surface area contributed by atoms with Crippen molar-refractivity contribution in [2.45, 2.75) is 46.5 Å². The van der Waals surface area contributed by atoms with Crippen LogP contribution in [0.4, 0.5) is 0 Å². The third-order valence-electron chi connectivity index (χ3n) is 2.67. The van der Waals surface area contributed by atoms with Gasteiger partial charge < -0.3 is 5.73 Å². The molecule has 4 nitrogen and oxygen atoms in total. The van der Waals surface area contributed by atoms with Crippen LogP contribution < -0.4 is 5.73 Å². The second-order valence-corrected chi connectivity index (χ2v) is 4.88. The van der Waals surface area contributed by atoms with Crippen molar-refractivity contribution in [3.63, 3.8) is 0 Å². The number of rotatable bonds is 7. The first-order chi connectivity index (χ1) is 7.65. The van der Waals surface area contributed by atoms with Gasteiger partial charge in [-0.3, -0.25) is 5.10 Å². The first-order valence-corrected chi connectivity index (χ1v) is 6.25. The monoisotopic (exact) mass is 224 g/mol. The van der Waals surface area contributed by atoms with Crippen LogP contribution in [0, 0.1) is 11.8 Å². The number of nitrogens with two attached hydrogens (primary N) is 1. The molecule has 16 heavy (non-hydrogen) atoms. The van der Waals surface area contributed by atoms with Crippen molar-refractivity contribution in [3.05, 3.63) is 11.6 Å². The third kappa shape index (κ3) is 4.31. The van der Waals surface area contributed by atoms with Gasteiger partial charge in [-0.15, -0.1) is 0 Å². The van der Waals surface area contributed by atoms with Crippen molar-refractivity contribution in [2.75, 3.05) is 6.54 Å². The SMILES string of the molecule is CCCc1n[nH]c(C[C@@H](CN)CC(C)C)n1. The second-order valence-electron chi connectivity index (χ2n) is 4.88. The molecule has 3 N–H and O–H groups in total. The van der Waals surface area contributed by atoms with Crippen LogP contribution in [0.2, 0.25) is 0 Å². The topological polar surface area (TPSA) is 67.6 Å². The van der Waals surface area contributed by atoms with E-state index in [1.165, 1.54) is 0 Å². The Kier molecular flexibility index (Phi) is 5.46. The summed E-state index contributed by atoms with van der Waals surface area (Å²) in [6.07, 6.45) is 4.11. The molecule has 0 bridgehead atoms. The molecule has 4 heteroatoms. The van der Waals surface area contributed by atoms with Crippen molar-refractivity contribution < 1.29 is 0 Å². The van der Waals surface area contributed by atoms with Gasteiger partial charge in [0.1, 0.15) is 5.82 Å². The molecule has 0 saturated heterocycles. The number of aryl methyl sites for hydroxylation is 1. The molecule has 0 aliphatic heterocycles. The molecule has 92 valence electrons. The average molecular weight is 224 g/mol. The minimum absolute atomic E-state index is 0.516. The maximum Gasteiger partial charge on any atom is 0.150 e. The standard InChI is InChI=1S/C12H24N4/c1-4-5-11-14-12(16-15-11)7-10(8-13)6-9(2)3/h9-10H,4-8,13H2,1-3H3,(H,14,15,16)/t10-/m0/s1. The van der Waals surface area contributed by atoms with Crippen LogP contribution in [-0.4, -0.2) is 21.7 Å². The number of hydrogen-bond donors (Lipinski definition) is 2. The number of aromatic nitrogens is 3. The van der Waals surface area contributed by atoms with Crippen LogP contribution >= 0.6 is 0 Å². The lowest BCUT2D eigenvalue weighted by Gasteiger charge is -2.15. The fourth-order valence-electron chi connectivity index (χ4n) is 1.96. The smallest absolute Gasteiger partial charge is 0.150 e. The van der Waals surface area contributed by atoms with Crippen LogP contribution in [0.25, 0.3) is 0 Å². The Morgan fingerprint density at radius 2 is 2.12 bits per heavy atom. The van der Waals surface area contributed by atoms with Crippen molar-refractivity contribution in [1.29, 1.82) is 0 Å². The van der Waals surface area contributed by atoms with Gasteiger partial charge in [0.15, 0.2) is 5.82 Å². The van der Waals surface area contributed by atoms with Crippen LogP contribution in [0.15, 0.2) is 0 Å². The highest BCUT2D eigenvalue weighted by Gasteiger charge is 2.12. The van der Waals surface area contributed by atoms with E-state index in [1.807, 2.05) is 0 Å².